The molecule has 2 aliphatic rings. The van der Waals surface area contributed by atoms with Gasteiger partial charge in [-0.3, -0.25) is 4.79 Å². The quantitative estimate of drug-likeness (QED) is 0.848. The third-order valence-corrected chi connectivity index (χ3v) is 4.12. The van der Waals surface area contributed by atoms with E-state index < -0.39 is 0 Å². The molecular formula is C13H19ClN2O2. The zero-order valence-electron chi connectivity index (χ0n) is 10.4. The molecule has 0 bridgehead atoms. The van der Waals surface area contributed by atoms with Crippen LogP contribution in [0.1, 0.15) is 29.8 Å². The molecule has 0 unspecified atom stereocenters. The molecule has 1 spiro atoms. The van der Waals surface area contributed by atoms with Crippen LogP contribution in [-0.2, 0) is 0 Å². The molecule has 1 aromatic rings. The molecule has 4 nitrogen and oxygen atoms in total. The Morgan fingerprint density at radius 3 is 2.78 bits per heavy atom. The molecule has 3 heterocycles. The average molecular weight is 271 g/mol. The Morgan fingerprint density at radius 1 is 1.33 bits per heavy atom. The third kappa shape index (κ3) is 2.40. The van der Waals surface area contributed by atoms with Crippen molar-refractivity contribution in [2.75, 3.05) is 26.2 Å². The number of nitrogens with zero attached hydrogens (tertiary/aromatic N) is 1. The van der Waals surface area contributed by atoms with Crippen molar-refractivity contribution in [2.45, 2.75) is 19.3 Å². The zero-order chi connectivity index (χ0) is 11.7. The molecule has 0 atom stereocenters. The van der Waals surface area contributed by atoms with Gasteiger partial charge < -0.3 is 14.6 Å². The van der Waals surface area contributed by atoms with Gasteiger partial charge in [0.1, 0.15) is 0 Å². The highest BCUT2D eigenvalue weighted by Gasteiger charge is 2.40. The van der Waals surface area contributed by atoms with Gasteiger partial charge in [-0.25, -0.2) is 0 Å². The highest BCUT2D eigenvalue weighted by Crippen LogP contribution is 2.38. The second-order valence-electron chi connectivity index (χ2n) is 5.20. The van der Waals surface area contributed by atoms with Gasteiger partial charge in [-0.2, -0.15) is 0 Å². The topological polar surface area (TPSA) is 45.5 Å². The lowest BCUT2D eigenvalue weighted by atomic mass is 9.78. The summed E-state index contributed by atoms with van der Waals surface area (Å²) in [6.07, 6.45) is 5.08. The fraction of sp³-hybridized carbons (Fsp3) is 0.615. The number of nitrogens with one attached hydrogen (secondary N) is 1. The van der Waals surface area contributed by atoms with E-state index in [1.807, 2.05) is 4.90 Å². The molecule has 18 heavy (non-hydrogen) atoms. The van der Waals surface area contributed by atoms with Gasteiger partial charge in [0.15, 0.2) is 5.76 Å². The van der Waals surface area contributed by atoms with Crippen molar-refractivity contribution < 1.29 is 9.21 Å². The van der Waals surface area contributed by atoms with Crippen molar-refractivity contribution in [3.8, 4) is 0 Å². The lowest BCUT2D eigenvalue weighted by molar-refractivity contribution is 0.0730. The summed E-state index contributed by atoms with van der Waals surface area (Å²) >= 11 is 0. The summed E-state index contributed by atoms with van der Waals surface area (Å²) in [6.45, 7) is 3.94. The number of piperidine rings is 1. The monoisotopic (exact) mass is 270 g/mol. The van der Waals surface area contributed by atoms with Crippen molar-refractivity contribution in [1.82, 2.24) is 10.2 Å². The van der Waals surface area contributed by atoms with Crippen LogP contribution in [0.3, 0.4) is 0 Å². The summed E-state index contributed by atoms with van der Waals surface area (Å²) in [4.78, 5) is 14.1. The highest BCUT2D eigenvalue weighted by atomic mass is 35.5. The fourth-order valence-electron chi connectivity index (χ4n) is 3.03. The number of hydrogen-bond acceptors (Lipinski definition) is 3. The van der Waals surface area contributed by atoms with Crippen molar-refractivity contribution in [2.24, 2.45) is 5.41 Å². The van der Waals surface area contributed by atoms with Gasteiger partial charge in [-0.15, -0.1) is 12.4 Å². The van der Waals surface area contributed by atoms with E-state index in [-0.39, 0.29) is 18.3 Å². The van der Waals surface area contributed by atoms with E-state index in [1.165, 1.54) is 12.8 Å². The van der Waals surface area contributed by atoms with Crippen LogP contribution in [0.25, 0.3) is 0 Å². The first-order chi connectivity index (χ1) is 8.29. The normalized spacial score (nSPS) is 21.9. The Bertz CT molecular complexity index is 399. The van der Waals surface area contributed by atoms with Crippen LogP contribution in [0, 0.1) is 5.41 Å². The van der Waals surface area contributed by atoms with Crippen LogP contribution in [0.2, 0.25) is 0 Å². The van der Waals surface area contributed by atoms with Crippen molar-refractivity contribution in [3.63, 3.8) is 0 Å². The zero-order valence-corrected chi connectivity index (χ0v) is 11.2. The maximum absolute atomic E-state index is 12.2. The number of amides is 1. The van der Waals surface area contributed by atoms with E-state index >= 15 is 0 Å². The summed E-state index contributed by atoms with van der Waals surface area (Å²) in [5, 5.41) is 3.39. The van der Waals surface area contributed by atoms with Gasteiger partial charge in [0.05, 0.1) is 6.26 Å². The first-order valence-corrected chi connectivity index (χ1v) is 6.33. The number of furan rings is 1. The van der Waals surface area contributed by atoms with Crippen molar-refractivity contribution in [3.05, 3.63) is 24.2 Å². The molecule has 2 aliphatic heterocycles. The Labute approximate surface area is 113 Å². The Hall–Kier alpha value is -1.00. The minimum Gasteiger partial charge on any atom is -0.459 e. The molecule has 2 saturated heterocycles. The van der Waals surface area contributed by atoms with Gasteiger partial charge in [0.25, 0.3) is 5.91 Å². The van der Waals surface area contributed by atoms with Gasteiger partial charge in [0, 0.05) is 13.1 Å². The van der Waals surface area contributed by atoms with Crippen molar-refractivity contribution >= 4 is 18.3 Å². The summed E-state index contributed by atoms with van der Waals surface area (Å²) in [7, 11) is 0. The molecule has 3 rings (SSSR count). The van der Waals surface area contributed by atoms with E-state index in [0.717, 1.165) is 32.6 Å². The number of rotatable bonds is 1. The average Bonchev–Trinajstić information content (AvgIpc) is 2.99. The highest BCUT2D eigenvalue weighted by molar-refractivity contribution is 5.91. The van der Waals surface area contributed by atoms with Crippen LogP contribution < -0.4 is 5.32 Å². The fourth-order valence-corrected chi connectivity index (χ4v) is 3.03. The van der Waals surface area contributed by atoms with Gasteiger partial charge >= 0.3 is 0 Å². The summed E-state index contributed by atoms with van der Waals surface area (Å²) < 4.78 is 5.18. The molecule has 100 valence electrons. The molecule has 0 radical (unpaired) electrons. The van der Waals surface area contributed by atoms with E-state index in [0.29, 0.717) is 11.2 Å². The molecule has 0 saturated carbocycles. The van der Waals surface area contributed by atoms with E-state index in [1.54, 1.807) is 18.4 Å². The minimum atomic E-state index is 0. The lowest BCUT2D eigenvalue weighted by Gasteiger charge is -2.33. The third-order valence-electron chi connectivity index (χ3n) is 4.12. The van der Waals surface area contributed by atoms with Crippen LogP contribution in [0.5, 0.6) is 0 Å². The minimum absolute atomic E-state index is 0. The molecule has 0 aliphatic carbocycles. The Kier molecular flexibility index (Phi) is 3.97. The lowest BCUT2D eigenvalue weighted by Crippen LogP contribution is -2.39. The van der Waals surface area contributed by atoms with Gasteiger partial charge in [-0.1, -0.05) is 0 Å². The SMILES string of the molecule is Cl.O=C(c1ccco1)N1CCC2(CCNCC2)C1. The van der Waals surface area contributed by atoms with Crippen LogP contribution in [0.15, 0.2) is 22.8 Å². The smallest absolute Gasteiger partial charge is 0.289 e. The predicted molar refractivity (Wildman–Crippen MR) is 71.0 cm³/mol. The molecule has 2 fully saturated rings. The second kappa shape index (κ2) is 5.33. The molecular weight excluding hydrogens is 252 g/mol. The Balaban J connectivity index is 0.00000120. The number of carbonyl (C=O) groups excluding carboxylic acids is 1. The number of halogens is 1. The molecule has 0 aromatic carbocycles. The predicted octanol–water partition coefficient (Wildman–Crippen LogP) is 1.92. The van der Waals surface area contributed by atoms with Crippen LogP contribution in [-0.4, -0.2) is 37.0 Å². The molecule has 1 amide bonds. The summed E-state index contributed by atoms with van der Waals surface area (Å²) in [5.74, 6) is 0.515. The Morgan fingerprint density at radius 2 is 2.11 bits per heavy atom. The largest absolute Gasteiger partial charge is 0.459 e. The molecule has 1 N–H and O–H groups in total. The van der Waals surface area contributed by atoms with Crippen LogP contribution >= 0.6 is 12.4 Å². The maximum Gasteiger partial charge on any atom is 0.289 e. The molecule has 1 aromatic heterocycles. The first kappa shape index (κ1) is 13.4. The van der Waals surface area contributed by atoms with E-state index in [2.05, 4.69) is 5.32 Å². The van der Waals surface area contributed by atoms with Gasteiger partial charge in [-0.05, 0) is 49.9 Å². The first-order valence-electron chi connectivity index (χ1n) is 6.33. The summed E-state index contributed by atoms with van der Waals surface area (Å²) in [5.41, 5.74) is 0.369. The molecule has 5 heteroatoms. The van der Waals surface area contributed by atoms with Crippen molar-refractivity contribution in [1.29, 1.82) is 0 Å². The summed E-state index contributed by atoms with van der Waals surface area (Å²) in [6, 6.07) is 3.51. The second-order valence-corrected chi connectivity index (χ2v) is 5.20. The number of carbonyl (C=O) groups is 1. The maximum atomic E-state index is 12.2. The number of hydrogen-bond donors (Lipinski definition) is 1. The standard InChI is InChI=1S/C13H18N2O2.ClH/c16-12(11-2-1-9-17-11)15-8-5-13(10-15)3-6-14-7-4-13;/h1-2,9,14H,3-8,10H2;1H. The van der Waals surface area contributed by atoms with E-state index in [4.69, 9.17) is 4.42 Å². The van der Waals surface area contributed by atoms with Crippen LogP contribution in [0.4, 0.5) is 0 Å². The van der Waals surface area contributed by atoms with E-state index in [9.17, 15) is 4.79 Å². The number of likely N-dealkylation sites (tertiary alicyclic amines) is 1. The van der Waals surface area contributed by atoms with Gasteiger partial charge in [0.2, 0.25) is 0 Å².